The average molecular weight is 295 g/mol. The number of pyridine rings is 1. The van der Waals surface area contributed by atoms with Gasteiger partial charge in [-0.25, -0.2) is 0 Å². The first kappa shape index (κ1) is 11.4. The van der Waals surface area contributed by atoms with Crippen LogP contribution >= 0.6 is 27.5 Å². The van der Waals surface area contributed by atoms with E-state index in [9.17, 15) is 0 Å². The zero-order valence-electron chi connectivity index (χ0n) is 8.50. The minimum absolute atomic E-state index is 0.700. The Balaban J connectivity index is 2.51. The van der Waals surface area contributed by atoms with E-state index in [1.54, 1.807) is 6.20 Å². The molecule has 16 heavy (non-hydrogen) atoms. The van der Waals surface area contributed by atoms with E-state index in [0.717, 1.165) is 28.2 Å². The summed E-state index contributed by atoms with van der Waals surface area (Å²) in [4.78, 5) is 4.27. The highest BCUT2D eigenvalue weighted by atomic mass is 79.9. The Bertz CT molecular complexity index is 569. The van der Waals surface area contributed by atoms with Crippen LogP contribution in [0.15, 0.2) is 30.5 Å². The molecule has 0 saturated heterocycles. The molecule has 0 amide bonds. The van der Waals surface area contributed by atoms with Gasteiger partial charge < -0.3 is 0 Å². The van der Waals surface area contributed by atoms with E-state index >= 15 is 0 Å². The summed E-state index contributed by atoms with van der Waals surface area (Å²) < 4.78 is 0. The second-order valence-corrected chi connectivity index (χ2v) is 4.49. The monoisotopic (exact) mass is 293 g/mol. The largest absolute Gasteiger partial charge is 0.256 e. The smallest absolute Gasteiger partial charge is 0.0729 e. The molecule has 0 spiro atoms. The minimum atomic E-state index is 0.700. The number of hydrogen-bond donors (Lipinski definition) is 0. The van der Waals surface area contributed by atoms with E-state index < -0.39 is 0 Å². The normalized spacial score (nSPS) is 9.88. The molecule has 0 aliphatic heterocycles. The number of aromatic nitrogens is 1. The summed E-state index contributed by atoms with van der Waals surface area (Å²) in [5.74, 6) is 6.25. The van der Waals surface area contributed by atoms with Crippen LogP contribution in [0.4, 0.5) is 0 Å². The molecule has 0 bridgehead atoms. The zero-order chi connectivity index (χ0) is 11.4. The molecule has 2 rings (SSSR count). The molecule has 0 N–H and O–H groups in total. The van der Waals surface area contributed by atoms with Crippen molar-refractivity contribution < 1.29 is 0 Å². The Labute approximate surface area is 108 Å². The molecule has 1 heterocycles. The van der Waals surface area contributed by atoms with Crippen LogP contribution in [0.3, 0.4) is 0 Å². The highest BCUT2D eigenvalue weighted by Crippen LogP contribution is 2.20. The zero-order valence-corrected chi connectivity index (χ0v) is 10.8. The van der Waals surface area contributed by atoms with Gasteiger partial charge in [0, 0.05) is 33.9 Å². The van der Waals surface area contributed by atoms with E-state index in [1.807, 2.05) is 24.3 Å². The topological polar surface area (TPSA) is 12.9 Å². The maximum Gasteiger partial charge on any atom is 0.0729 e. The SMILES string of the molecule is Clc1ccc2c(C#CCCBr)ccnc2c1. The van der Waals surface area contributed by atoms with Crippen LogP contribution in [-0.2, 0) is 0 Å². The van der Waals surface area contributed by atoms with Crippen LogP contribution in [0.1, 0.15) is 12.0 Å². The van der Waals surface area contributed by atoms with E-state index in [-0.39, 0.29) is 0 Å². The number of rotatable bonds is 1. The van der Waals surface area contributed by atoms with Crippen molar-refractivity contribution in [2.75, 3.05) is 5.33 Å². The van der Waals surface area contributed by atoms with E-state index in [0.29, 0.717) is 5.02 Å². The Morgan fingerprint density at radius 3 is 3.00 bits per heavy atom. The standard InChI is InChI=1S/C13H9BrClN/c14-7-2-1-3-10-6-8-16-13-9-11(15)4-5-12(10)13/h4-6,8-9H,2,7H2. The molecule has 0 atom stereocenters. The van der Waals surface area contributed by atoms with Crippen molar-refractivity contribution >= 4 is 38.4 Å². The summed E-state index contributed by atoms with van der Waals surface area (Å²) in [6, 6.07) is 7.61. The summed E-state index contributed by atoms with van der Waals surface area (Å²) in [6.45, 7) is 0. The van der Waals surface area contributed by atoms with Crippen molar-refractivity contribution in [3.8, 4) is 11.8 Å². The van der Waals surface area contributed by atoms with Gasteiger partial charge in [0.2, 0.25) is 0 Å². The van der Waals surface area contributed by atoms with Crippen LogP contribution in [0.5, 0.6) is 0 Å². The van der Waals surface area contributed by atoms with Gasteiger partial charge in [0.25, 0.3) is 0 Å². The Kier molecular flexibility index (Phi) is 3.82. The van der Waals surface area contributed by atoms with Gasteiger partial charge in [-0.2, -0.15) is 0 Å². The lowest BCUT2D eigenvalue weighted by Gasteiger charge is -1.99. The van der Waals surface area contributed by atoms with Crippen LogP contribution in [-0.4, -0.2) is 10.3 Å². The molecule has 1 nitrogen and oxygen atoms in total. The third-order valence-corrected chi connectivity index (χ3v) is 2.78. The van der Waals surface area contributed by atoms with Gasteiger partial charge in [0.05, 0.1) is 5.52 Å². The van der Waals surface area contributed by atoms with Gasteiger partial charge in [-0.3, -0.25) is 4.98 Å². The van der Waals surface area contributed by atoms with Crippen LogP contribution < -0.4 is 0 Å². The second-order valence-electron chi connectivity index (χ2n) is 3.26. The molecule has 1 aromatic carbocycles. The van der Waals surface area contributed by atoms with Crippen molar-refractivity contribution in [3.63, 3.8) is 0 Å². The summed E-state index contributed by atoms with van der Waals surface area (Å²) >= 11 is 9.27. The van der Waals surface area contributed by atoms with Gasteiger partial charge in [0.1, 0.15) is 0 Å². The molecule has 0 saturated carbocycles. The third kappa shape index (κ3) is 2.55. The first-order chi connectivity index (χ1) is 7.81. The molecule has 2 aromatic rings. The minimum Gasteiger partial charge on any atom is -0.256 e. The van der Waals surface area contributed by atoms with Crippen LogP contribution in [0.2, 0.25) is 5.02 Å². The molecule has 0 aliphatic rings. The van der Waals surface area contributed by atoms with Crippen molar-refractivity contribution in [1.82, 2.24) is 4.98 Å². The summed E-state index contributed by atoms with van der Waals surface area (Å²) in [7, 11) is 0. The van der Waals surface area contributed by atoms with Gasteiger partial charge in [-0.1, -0.05) is 45.4 Å². The lowest BCUT2D eigenvalue weighted by Crippen LogP contribution is -1.83. The number of nitrogens with zero attached hydrogens (tertiary/aromatic N) is 1. The van der Waals surface area contributed by atoms with Gasteiger partial charge in [0.15, 0.2) is 0 Å². The van der Waals surface area contributed by atoms with Crippen LogP contribution in [0, 0.1) is 11.8 Å². The molecule has 0 aliphatic carbocycles. The quantitative estimate of drug-likeness (QED) is 0.572. The number of hydrogen-bond acceptors (Lipinski definition) is 1. The number of halogens is 2. The Hall–Kier alpha value is -1.04. The third-order valence-electron chi connectivity index (χ3n) is 2.15. The number of alkyl halides is 1. The highest BCUT2D eigenvalue weighted by molar-refractivity contribution is 9.09. The molecular weight excluding hydrogens is 286 g/mol. The lowest BCUT2D eigenvalue weighted by atomic mass is 10.1. The van der Waals surface area contributed by atoms with E-state index in [2.05, 4.69) is 32.8 Å². The fourth-order valence-corrected chi connectivity index (χ4v) is 1.80. The van der Waals surface area contributed by atoms with Gasteiger partial charge >= 0.3 is 0 Å². The first-order valence-electron chi connectivity index (χ1n) is 4.90. The number of fused-ring (bicyclic) bond motifs is 1. The number of benzene rings is 1. The predicted molar refractivity (Wildman–Crippen MR) is 72.0 cm³/mol. The second kappa shape index (κ2) is 5.34. The van der Waals surface area contributed by atoms with E-state index in [1.165, 1.54) is 0 Å². The maximum absolute atomic E-state index is 5.92. The summed E-state index contributed by atoms with van der Waals surface area (Å²) in [6.07, 6.45) is 2.61. The molecule has 3 heteroatoms. The Morgan fingerprint density at radius 2 is 2.19 bits per heavy atom. The lowest BCUT2D eigenvalue weighted by molar-refractivity contribution is 1.32. The maximum atomic E-state index is 5.92. The fourth-order valence-electron chi connectivity index (χ4n) is 1.44. The van der Waals surface area contributed by atoms with Gasteiger partial charge in [-0.15, -0.1) is 0 Å². The average Bonchev–Trinajstić information content (AvgIpc) is 2.29. The van der Waals surface area contributed by atoms with Crippen molar-refractivity contribution in [1.29, 1.82) is 0 Å². The van der Waals surface area contributed by atoms with Crippen molar-refractivity contribution in [3.05, 3.63) is 41.0 Å². The van der Waals surface area contributed by atoms with Crippen molar-refractivity contribution in [2.24, 2.45) is 0 Å². The molecular formula is C13H9BrClN. The summed E-state index contributed by atoms with van der Waals surface area (Å²) in [5, 5.41) is 2.65. The van der Waals surface area contributed by atoms with Gasteiger partial charge in [-0.05, 0) is 18.2 Å². The predicted octanol–water partition coefficient (Wildman–Crippen LogP) is 4.02. The highest BCUT2D eigenvalue weighted by Gasteiger charge is 1.99. The molecule has 80 valence electrons. The molecule has 1 aromatic heterocycles. The summed E-state index contributed by atoms with van der Waals surface area (Å²) in [5.41, 5.74) is 1.89. The molecule has 0 unspecified atom stereocenters. The Morgan fingerprint density at radius 1 is 1.31 bits per heavy atom. The van der Waals surface area contributed by atoms with Crippen LogP contribution in [0.25, 0.3) is 10.9 Å². The van der Waals surface area contributed by atoms with Crippen molar-refractivity contribution in [2.45, 2.75) is 6.42 Å². The van der Waals surface area contributed by atoms with E-state index in [4.69, 9.17) is 11.6 Å². The fraction of sp³-hybridized carbons (Fsp3) is 0.154. The first-order valence-corrected chi connectivity index (χ1v) is 6.40. The molecule has 0 fully saturated rings. The molecule has 0 radical (unpaired) electrons.